The normalized spacial score (nSPS) is 22.2. The minimum atomic E-state index is -0.556. The largest absolute Gasteiger partial charge is 0.502 e. The summed E-state index contributed by atoms with van der Waals surface area (Å²) in [5.74, 6) is 1.01. The fourth-order valence-corrected chi connectivity index (χ4v) is 6.74. The highest BCUT2D eigenvalue weighted by Gasteiger charge is 2.41. The van der Waals surface area contributed by atoms with Gasteiger partial charge >= 0.3 is 0 Å². The summed E-state index contributed by atoms with van der Waals surface area (Å²) >= 11 is 1.78. The molecular weight excluding hydrogens is 462 g/mol. The zero-order chi connectivity index (χ0) is 23.7. The maximum atomic E-state index is 13.5. The second kappa shape index (κ2) is 7.68. The van der Waals surface area contributed by atoms with Crippen LogP contribution in [0.25, 0.3) is 0 Å². The Morgan fingerprint density at radius 2 is 1.91 bits per heavy atom. The minimum Gasteiger partial charge on any atom is -0.502 e. The molecule has 1 aliphatic carbocycles. The van der Waals surface area contributed by atoms with Gasteiger partial charge in [0, 0.05) is 35.0 Å². The number of benzene rings is 2. The first-order valence-corrected chi connectivity index (χ1v) is 12.7. The molecule has 5 heterocycles. The summed E-state index contributed by atoms with van der Waals surface area (Å²) in [6.07, 6.45) is 4.65. The minimum absolute atomic E-state index is 0.0127. The molecule has 0 saturated carbocycles. The highest BCUT2D eigenvalue weighted by atomic mass is 32.2. The lowest BCUT2D eigenvalue weighted by molar-refractivity contribution is 0.0652. The van der Waals surface area contributed by atoms with Crippen molar-refractivity contribution in [3.8, 4) is 11.5 Å². The zero-order valence-electron chi connectivity index (χ0n) is 18.9. The van der Waals surface area contributed by atoms with Crippen LogP contribution in [0.15, 0.2) is 76.1 Å². The van der Waals surface area contributed by atoms with Crippen molar-refractivity contribution in [2.75, 3.05) is 24.8 Å². The van der Waals surface area contributed by atoms with Gasteiger partial charge in [-0.3, -0.25) is 19.3 Å². The number of ether oxygens (including phenoxy) is 1. The van der Waals surface area contributed by atoms with Crippen molar-refractivity contribution in [1.82, 2.24) is 9.58 Å². The van der Waals surface area contributed by atoms with Crippen molar-refractivity contribution in [3.63, 3.8) is 0 Å². The van der Waals surface area contributed by atoms with Crippen molar-refractivity contribution in [2.24, 2.45) is 5.92 Å². The van der Waals surface area contributed by atoms with Crippen LogP contribution in [0, 0.1) is 5.92 Å². The van der Waals surface area contributed by atoms with Crippen LogP contribution in [-0.2, 0) is 5.75 Å². The molecule has 8 heteroatoms. The number of pyridine rings is 1. The van der Waals surface area contributed by atoms with Gasteiger partial charge in [0.15, 0.2) is 11.4 Å². The molecule has 2 atom stereocenters. The summed E-state index contributed by atoms with van der Waals surface area (Å²) in [4.78, 5) is 28.9. The third-order valence-electron chi connectivity index (χ3n) is 7.32. The number of hydrogen-bond acceptors (Lipinski definition) is 6. The lowest BCUT2D eigenvalue weighted by atomic mass is 9.86. The van der Waals surface area contributed by atoms with E-state index in [4.69, 9.17) is 4.74 Å². The topological polar surface area (TPSA) is 75.0 Å². The second-order valence-corrected chi connectivity index (χ2v) is 10.5. The number of nitrogens with zero attached hydrogens (tertiary/aromatic N) is 3. The second-order valence-electron chi connectivity index (χ2n) is 9.47. The highest BCUT2D eigenvalue weighted by Crippen LogP contribution is 2.46. The molecule has 0 radical (unpaired) electrons. The molecule has 1 aromatic heterocycles. The van der Waals surface area contributed by atoms with Crippen LogP contribution < -0.4 is 15.2 Å². The molecule has 1 N–H and O–H groups in total. The standard InChI is InChI=1S/C27H23N3O4S/c31-20-8-9-29-25(26(20)32)27(33)28-12-16-10-17(11-16)13-34-21-6-3-4-18-14-35-22-7-2-1-5-19(22)24(23(18)21)30(29)15-28/h1-10,16,24,32H,11-15H2/t16-,24-/m0/s1. The third kappa shape index (κ3) is 3.13. The van der Waals surface area contributed by atoms with Crippen LogP contribution in [0.3, 0.4) is 0 Å². The van der Waals surface area contributed by atoms with Gasteiger partial charge in [0.1, 0.15) is 25.1 Å². The predicted molar refractivity (Wildman–Crippen MR) is 132 cm³/mol. The first-order valence-electron chi connectivity index (χ1n) is 11.7. The quantitative estimate of drug-likeness (QED) is 0.490. The fraction of sp³-hybridized carbons (Fsp3) is 0.259. The lowest BCUT2D eigenvalue weighted by Crippen LogP contribution is -2.56. The van der Waals surface area contributed by atoms with Crippen LogP contribution in [0.5, 0.6) is 11.5 Å². The summed E-state index contributed by atoms with van der Waals surface area (Å²) < 4.78 is 8.09. The number of aromatic nitrogens is 1. The summed E-state index contributed by atoms with van der Waals surface area (Å²) in [6, 6.07) is 15.5. The van der Waals surface area contributed by atoms with E-state index >= 15 is 0 Å². The number of aromatic hydroxyl groups is 1. The van der Waals surface area contributed by atoms with Crippen molar-refractivity contribution in [1.29, 1.82) is 0 Å². The third-order valence-corrected chi connectivity index (χ3v) is 8.46. The molecule has 0 spiro atoms. The Labute approximate surface area is 206 Å². The average molecular weight is 486 g/mol. The van der Waals surface area contributed by atoms with Gasteiger partial charge in [0.05, 0.1) is 0 Å². The molecule has 0 fully saturated rings. The highest BCUT2D eigenvalue weighted by molar-refractivity contribution is 7.98. The van der Waals surface area contributed by atoms with Gasteiger partial charge in [-0.15, -0.1) is 11.8 Å². The molecule has 35 heavy (non-hydrogen) atoms. The Balaban J connectivity index is 1.53. The lowest BCUT2D eigenvalue weighted by Gasteiger charge is -2.46. The smallest absolute Gasteiger partial charge is 0.277 e. The summed E-state index contributed by atoms with van der Waals surface area (Å²) in [7, 11) is 0. The number of amides is 1. The molecule has 8 rings (SSSR count). The molecule has 176 valence electrons. The van der Waals surface area contributed by atoms with E-state index in [2.05, 4.69) is 29.3 Å². The molecule has 4 aliphatic heterocycles. The molecule has 0 saturated heterocycles. The van der Waals surface area contributed by atoms with E-state index in [1.165, 1.54) is 17.2 Å². The molecule has 2 aromatic carbocycles. The number of thioether (sulfide) groups is 1. The molecule has 3 aromatic rings. The Kier molecular flexibility index (Phi) is 4.54. The molecule has 1 amide bonds. The maximum absolute atomic E-state index is 13.5. The molecule has 5 aliphatic rings. The monoisotopic (exact) mass is 485 g/mol. The van der Waals surface area contributed by atoms with E-state index < -0.39 is 11.2 Å². The first kappa shape index (κ1) is 20.7. The average Bonchev–Trinajstić information content (AvgIpc) is 3.00. The Bertz CT molecular complexity index is 1480. The van der Waals surface area contributed by atoms with E-state index in [0.29, 0.717) is 19.8 Å². The summed E-state index contributed by atoms with van der Waals surface area (Å²) in [6.45, 7) is 1.39. The van der Waals surface area contributed by atoms with Crippen molar-refractivity contribution < 1.29 is 14.6 Å². The Hall–Kier alpha value is -3.65. The number of rotatable bonds is 0. The number of carbonyl (C=O) groups excluding carboxylic acids is 1. The van der Waals surface area contributed by atoms with Crippen LogP contribution in [0.1, 0.15) is 39.6 Å². The van der Waals surface area contributed by atoms with Gasteiger partial charge in [0.2, 0.25) is 5.43 Å². The zero-order valence-corrected chi connectivity index (χ0v) is 19.7. The van der Waals surface area contributed by atoms with E-state index in [9.17, 15) is 14.7 Å². The predicted octanol–water partition coefficient (Wildman–Crippen LogP) is 3.64. The van der Waals surface area contributed by atoms with Crippen LogP contribution in [0.2, 0.25) is 0 Å². The van der Waals surface area contributed by atoms with Crippen molar-refractivity contribution in [3.05, 3.63) is 99.0 Å². The van der Waals surface area contributed by atoms with Crippen molar-refractivity contribution >= 4 is 17.7 Å². The van der Waals surface area contributed by atoms with Gasteiger partial charge in [-0.1, -0.05) is 36.4 Å². The van der Waals surface area contributed by atoms with Crippen molar-refractivity contribution in [2.45, 2.75) is 23.1 Å². The van der Waals surface area contributed by atoms with Crippen LogP contribution in [0.4, 0.5) is 0 Å². The SMILES string of the molecule is O=C1c2c(O)c(=O)ccn2N2CN1C[C@H]1C=C(COc3cccc4c3[C@@H]2c2ccccc2SC4)C1. The van der Waals surface area contributed by atoms with E-state index in [0.717, 1.165) is 33.9 Å². The molecule has 7 nitrogen and oxygen atoms in total. The molecule has 0 unspecified atom stereocenters. The Morgan fingerprint density at radius 1 is 1.06 bits per heavy atom. The van der Waals surface area contributed by atoms with Crippen LogP contribution >= 0.6 is 11.8 Å². The van der Waals surface area contributed by atoms with Crippen LogP contribution in [-0.4, -0.2) is 40.4 Å². The number of fused-ring (bicyclic) bond motifs is 3. The van der Waals surface area contributed by atoms with Gasteiger partial charge in [-0.2, -0.15) is 0 Å². The fourth-order valence-electron chi connectivity index (χ4n) is 5.66. The maximum Gasteiger partial charge on any atom is 0.277 e. The van der Waals surface area contributed by atoms with E-state index in [-0.39, 0.29) is 23.6 Å². The first-order chi connectivity index (χ1) is 17.1. The summed E-state index contributed by atoms with van der Waals surface area (Å²) in [5, 5.41) is 12.8. The number of carbonyl (C=O) groups is 1. The Morgan fingerprint density at radius 3 is 2.80 bits per heavy atom. The van der Waals surface area contributed by atoms with Gasteiger partial charge < -0.3 is 14.7 Å². The summed E-state index contributed by atoms with van der Waals surface area (Å²) in [5.41, 5.74) is 4.02. The van der Waals surface area contributed by atoms with E-state index in [1.807, 2.05) is 24.3 Å². The van der Waals surface area contributed by atoms with Gasteiger partial charge in [-0.05, 0) is 41.2 Å². The van der Waals surface area contributed by atoms with Gasteiger partial charge in [0.25, 0.3) is 5.91 Å². The molecule has 4 bridgehead atoms. The molecular formula is C27H23N3O4S. The van der Waals surface area contributed by atoms with E-state index in [1.54, 1.807) is 27.5 Å². The van der Waals surface area contributed by atoms with Gasteiger partial charge in [-0.25, -0.2) is 0 Å². The number of hydrogen-bond donors (Lipinski definition) is 1.